The summed E-state index contributed by atoms with van der Waals surface area (Å²) in [4.78, 5) is 0.424. The zero-order chi connectivity index (χ0) is 14.8. The molecule has 5 heteroatoms. The molecule has 20 heavy (non-hydrogen) atoms. The normalized spacial score (nSPS) is 26.9. The van der Waals surface area contributed by atoms with Crippen LogP contribution >= 0.6 is 15.9 Å². The summed E-state index contributed by atoms with van der Waals surface area (Å²) in [6.07, 6.45) is 2.76. The molecule has 3 atom stereocenters. The molecule has 1 aromatic carbocycles. The lowest BCUT2D eigenvalue weighted by molar-refractivity contribution is 0.425. The van der Waals surface area contributed by atoms with Gasteiger partial charge in [0.05, 0.1) is 10.1 Å². The van der Waals surface area contributed by atoms with Crippen molar-refractivity contribution >= 4 is 25.8 Å². The molecule has 1 fully saturated rings. The van der Waals surface area contributed by atoms with E-state index in [-0.39, 0.29) is 11.2 Å². The highest BCUT2D eigenvalue weighted by atomic mass is 79.9. The molecule has 0 aliphatic heterocycles. The smallest absolute Gasteiger partial charge is 0.182 e. The fraction of sp³-hybridized carbons (Fsp3) is 0.600. The molecule has 3 unspecified atom stereocenters. The van der Waals surface area contributed by atoms with E-state index in [1.165, 1.54) is 0 Å². The van der Waals surface area contributed by atoms with E-state index < -0.39 is 9.84 Å². The van der Waals surface area contributed by atoms with E-state index in [4.69, 9.17) is 0 Å². The van der Waals surface area contributed by atoms with Gasteiger partial charge in [-0.2, -0.15) is 0 Å². The summed E-state index contributed by atoms with van der Waals surface area (Å²) in [5.74, 6) is 0.152. The zero-order valence-corrected chi connectivity index (χ0v) is 14.4. The minimum Gasteiger partial charge on any atom is -0.314 e. The van der Waals surface area contributed by atoms with Crippen molar-refractivity contribution in [2.75, 3.05) is 6.54 Å². The van der Waals surface area contributed by atoms with Crippen LogP contribution in [0.1, 0.15) is 33.1 Å². The average Bonchev–Trinajstić information content (AvgIpc) is 2.78. The van der Waals surface area contributed by atoms with Crippen LogP contribution in [-0.4, -0.2) is 26.3 Å². The summed E-state index contributed by atoms with van der Waals surface area (Å²) in [5.41, 5.74) is 0. The van der Waals surface area contributed by atoms with Gasteiger partial charge < -0.3 is 5.32 Å². The van der Waals surface area contributed by atoms with Crippen molar-refractivity contribution in [3.63, 3.8) is 0 Å². The van der Waals surface area contributed by atoms with Crippen LogP contribution in [0.2, 0.25) is 0 Å². The van der Waals surface area contributed by atoms with Crippen molar-refractivity contribution in [1.29, 1.82) is 0 Å². The second-order valence-electron chi connectivity index (χ2n) is 5.51. The van der Waals surface area contributed by atoms with Crippen molar-refractivity contribution in [1.82, 2.24) is 5.32 Å². The van der Waals surface area contributed by atoms with E-state index in [1.807, 2.05) is 6.07 Å². The van der Waals surface area contributed by atoms with Gasteiger partial charge in [-0.1, -0.05) is 26.0 Å². The highest BCUT2D eigenvalue weighted by Gasteiger charge is 2.41. The average molecular weight is 360 g/mol. The van der Waals surface area contributed by atoms with Gasteiger partial charge in [-0.3, -0.25) is 0 Å². The Labute approximate surface area is 130 Å². The standard InChI is InChI=1S/C15H22BrNO2S/c1-3-10-17-13-8-9-14(11(13)2)20(18,19)15-7-5-4-6-12(15)16/h4-7,11,13-14,17H,3,8-10H2,1-2H3. The fourth-order valence-electron chi connectivity index (χ4n) is 3.02. The van der Waals surface area contributed by atoms with Crippen LogP contribution in [0.4, 0.5) is 0 Å². The second kappa shape index (κ2) is 6.58. The summed E-state index contributed by atoms with van der Waals surface area (Å²) in [5, 5.41) is 3.19. The molecule has 1 aliphatic rings. The van der Waals surface area contributed by atoms with E-state index >= 15 is 0 Å². The van der Waals surface area contributed by atoms with Crippen LogP contribution in [-0.2, 0) is 9.84 Å². The lowest BCUT2D eigenvalue weighted by Crippen LogP contribution is -2.36. The SMILES string of the molecule is CCCNC1CCC(S(=O)(=O)c2ccccc2Br)C1C. The third-order valence-corrected chi connectivity index (χ3v) is 7.57. The van der Waals surface area contributed by atoms with Gasteiger partial charge in [0.25, 0.3) is 0 Å². The Morgan fingerprint density at radius 2 is 2.00 bits per heavy atom. The Morgan fingerprint density at radius 3 is 2.65 bits per heavy atom. The first kappa shape index (κ1) is 16.0. The molecule has 112 valence electrons. The van der Waals surface area contributed by atoms with Crippen molar-refractivity contribution in [2.24, 2.45) is 5.92 Å². The van der Waals surface area contributed by atoms with E-state index in [0.29, 0.717) is 15.4 Å². The first-order valence-corrected chi connectivity index (χ1v) is 9.54. The molecule has 0 spiro atoms. The van der Waals surface area contributed by atoms with E-state index in [9.17, 15) is 8.42 Å². The molecule has 0 bridgehead atoms. The van der Waals surface area contributed by atoms with E-state index in [0.717, 1.165) is 25.8 Å². The maximum atomic E-state index is 12.8. The number of rotatable bonds is 5. The highest BCUT2D eigenvalue weighted by molar-refractivity contribution is 9.10. The molecule has 0 aromatic heterocycles. The molecule has 1 aliphatic carbocycles. The van der Waals surface area contributed by atoms with Gasteiger partial charge in [0.1, 0.15) is 0 Å². The monoisotopic (exact) mass is 359 g/mol. The van der Waals surface area contributed by atoms with Crippen LogP contribution < -0.4 is 5.32 Å². The van der Waals surface area contributed by atoms with E-state index in [2.05, 4.69) is 35.1 Å². The van der Waals surface area contributed by atoms with Crippen molar-refractivity contribution in [2.45, 2.75) is 49.3 Å². The van der Waals surface area contributed by atoms with Crippen molar-refractivity contribution in [3.05, 3.63) is 28.7 Å². The third-order valence-electron chi connectivity index (χ3n) is 4.18. The second-order valence-corrected chi connectivity index (χ2v) is 8.50. The number of nitrogens with one attached hydrogen (secondary N) is 1. The van der Waals surface area contributed by atoms with Gasteiger partial charge in [0.2, 0.25) is 0 Å². The zero-order valence-electron chi connectivity index (χ0n) is 12.0. The van der Waals surface area contributed by atoms with Gasteiger partial charge >= 0.3 is 0 Å². The number of benzene rings is 1. The van der Waals surface area contributed by atoms with Gasteiger partial charge in [-0.15, -0.1) is 0 Å². The number of sulfone groups is 1. The minimum absolute atomic E-state index is 0.152. The lowest BCUT2D eigenvalue weighted by atomic mass is 10.1. The number of hydrogen-bond donors (Lipinski definition) is 1. The molecule has 1 saturated carbocycles. The molecule has 0 heterocycles. The van der Waals surface area contributed by atoms with Gasteiger partial charge in [0, 0.05) is 10.5 Å². The predicted octanol–water partition coefficient (Wildman–Crippen LogP) is 3.39. The molecule has 1 N–H and O–H groups in total. The fourth-order valence-corrected chi connectivity index (χ4v) is 6.12. The van der Waals surface area contributed by atoms with Crippen LogP contribution in [0, 0.1) is 5.92 Å². The third kappa shape index (κ3) is 3.10. The van der Waals surface area contributed by atoms with Crippen LogP contribution in [0.5, 0.6) is 0 Å². The largest absolute Gasteiger partial charge is 0.314 e. The Kier molecular flexibility index (Phi) is 5.26. The molecule has 2 rings (SSSR count). The first-order chi connectivity index (χ1) is 9.48. The maximum absolute atomic E-state index is 12.8. The number of halogens is 1. The van der Waals surface area contributed by atoms with Crippen molar-refractivity contribution in [3.8, 4) is 0 Å². The Bertz CT molecular complexity index is 559. The van der Waals surface area contributed by atoms with Gasteiger partial charge in [-0.25, -0.2) is 8.42 Å². The Hall–Kier alpha value is -0.390. The molecule has 0 saturated heterocycles. The molecule has 1 aromatic rings. The molecule has 3 nitrogen and oxygen atoms in total. The van der Waals surface area contributed by atoms with E-state index in [1.54, 1.807) is 18.2 Å². The Morgan fingerprint density at radius 1 is 1.30 bits per heavy atom. The summed E-state index contributed by atoms with van der Waals surface area (Å²) in [6, 6.07) is 7.42. The molecule has 0 amide bonds. The lowest BCUT2D eigenvalue weighted by Gasteiger charge is -2.22. The van der Waals surface area contributed by atoms with Crippen LogP contribution in [0.15, 0.2) is 33.6 Å². The maximum Gasteiger partial charge on any atom is 0.182 e. The highest BCUT2D eigenvalue weighted by Crippen LogP contribution is 2.36. The summed E-state index contributed by atoms with van der Waals surface area (Å²) in [7, 11) is -3.26. The molecular weight excluding hydrogens is 338 g/mol. The summed E-state index contributed by atoms with van der Waals surface area (Å²) in [6.45, 7) is 5.14. The Balaban J connectivity index is 2.22. The van der Waals surface area contributed by atoms with Crippen molar-refractivity contribution < 1.29 is 8.42 Å². The molecule has 0 radical (unpaired) electrons. The summed E-state index contributed by atoms with van der Waals surface area (Å²) >= 11 is 3.36. The predicted molar refractivity (Wildman–Crippen MR) is 85.6 cm³/mol. The quantitative estimate of drug-likeness (QED) is 0.876. The van der Waals surface area contributed by atoms with Gasteiger partial charge in [-0.05, 0) is 59.8 Å². The first-order valence-electron chi connectivity index (χ1n) is 7.20. The van der Waals surface area contributed by atoms with Crippen LogP contribution in [0.3, 0.4) is 0 Å². The minimum atomic E-state index is -3.26. The topological polar surface area (TPSA) is 46.2 Å². The summed E-state index contributed by atoms with van der Waals surface area (Å²) < 4.78 is 26.3. The van der Waals surface area contributed by atoms with Crippen LogP contribution in [0.25, 0.3) is 0 Å². The molecular formula is C15H22BrNO2S. The van der Waals surface area contributed by atoms with Gasteiger partial charge in [0.15, 0.2) is 9.84 Å². The number of hydrogen-bond acceptors (Lipinski definition) is 3.